The lowest BCUT2D eigenvalue weighted by Crippen LogP contribution is -1.97. The molecule has 0 spiro atoms. The van der Waals surface area contributed by atoms with Crippen LogP contribution < -0.4 is 0 Å². The Kier molecular flexibility index (Phi) is 3.72. The maximum atomic E-state index is 12.4. The number of hydrogen-bond acceptors (Lipinski definition) is 2. The minimum absolute atomic E-state index is 0.120. The molecule has 0 unspecified atom stereocenters. The van der Waals surface area contributed by atoms with E-state index in [1.165, 1.54) is 29.7 Å². The third kappa shape index (κ3) is 2.75. The largest absolute Gasteiger partial charge is 0.288 e. The molecule has 0 aliphatic heterocycles. The number of benzene rings is 1. The van der Waals surface area contributed by atoms with Crippen molar-refractivity contribution in [3.8, 4) is 0 Å². The highest BCUT2D eigenvalue weighted by Gasteiger charge is 2.17. The molecule has 0 saturated heterocycles. The summed E-state index contributed by atoms with van der Waals surface area (Å²) in [6, 6.07) is 9.24. The summed E-state index contributed by atoms with van der Waals surface area (Å²) in [4.78, 5) is 14.7. The predicted molar refractivity (Wildman–Crippen MR) is 80.5 cm³/mol. The topological polar surface area (TPSA) is 17.1 Å². The Morgan fingerprint density at radius 1 is 1.05 bits per heavy atom. The third-order valence-corrected chi connectivity index (χ3v) is 5.06. The van der Waals surface area contributed by atoms with Gasteiger partial charge in [0, 0.05) is 15.5 Å². The van der Waals surface area contributed by atoms with E-state index in [2.05, 4.69) is 6.07 Å². The van der Waals surface area contributed by atoms with E-state index in [0.717, 1.165) is 23.3 Å². The van der Waals surface area contributed by atoms with Crippen LogP contribution in [-0.2, 0) is 12.8 Å². The van der Waals surface area contributed by atoms with Crippen molar-refractivity contribution < 1.29 is 4.79 Å². The van der Waals surface area contributed by atoms with Crippen LogP contribution in [0.5, 0.6) is 0 Å². The Balaban J connectivity index is 1.90. The average molecular weight is 291 g/mol. The van der Waals surface area contributed by atoms with Crippen LogP contribution in [-0.4, -0.2) is 5.78 Å². The van der Waals surface area contributed by atoms with Gasteiger partial charge in [-0.25, -0.2) is 0 Å². The fourth-order valence-electron chi connectivity index (χ4n) is 2.52. The molecule has 3 heteroatoms. The van der Waals surface area contributed by atoms with Gasteiger partial charge in [-0.2, -0.15) is 0 Å². The predicted octanol–water partition coefficient (Wildman–Crippen LogP) is 4.90. The highest BCUT2D eigenvalue weighted by Crippen LogP contribution is 2.30. The fraction of sp³-hybridized carbons (Fsp3) is 0.312. The number of ketones is 1. The molecule has 0 N–H and O–H groups in total. The molecule has 1 nitrogen and oxygen atoms in total. The lowest BCUT2D eigenvalue weighted by atomic mass is 10.1. The standard InChI is InChI=1S/C16H15ClOS/c17-13-8-6-11(7-9-13)16(18)15-10-12-4-2-1-3-5-14(12)19-15/h6-10H,1-5H2. The maximum Gasteiger partial charge on any atom is 0.202 e. The van der Waals surface area contributed by atoms with Crippen molar-refractivity contribution >= 4 is 28.7 Å². The van der Waals surface area contributed by atoms with Gasteiger partial charge in [0.2, 0.25) is 5.78 Å². The number of thiophene rings is 1. The molecular weight excluding hydrogens is 276 g/mol. The van der Waals surface area contributed by atoms with Gasteiger partial charge in [0.05, 0.1) is 4.88 Å². The summed E-state index contributed by atoms with van der Waals surface area (Å²) in [6.45, 7) is 0. The molecule has 0 amide bonds. The van der Waals surface area contributed by atoms with Crippen LogP contribution in [0.2, 0.25) is 5.02 Å². The van der Waals surface area contributed by atoms with E-state index in [0.29, 0.717) is 5.02 Å². The van der Waals surface area contributed by atoms with Crippen LogP contribution in [0.3, 0.4) is 0 Å². The summed E-state index contributed by atoms with van der Waals surface area (Å²) < 4.78 is 0. The molecule has 1 aliphatic carbocycles. The number of aryl methyl sites for hydroxylation is 2. The van der Waals surface area contributed by atoms with Gasteiger partial charge < -0.3 is 0 Å². The molecule has 1 aromatic heterocycles. The Morgan fingerprint density at radius 2 is 1.79 bits per heavy atom. The summed E-state index contributed by atoms with van der Waals surface area (Å²) in [6.07, 6.45) is 6.07. The van der Waals surface area contributed by atoms with Crippen LogP contribution in [0.25, 0.3) is 0 Å². The van der Waals surface area contributed by atoms with Gasteiger partial charge in [-0.3, -0.25) is 4.79 Å². The van der Waals surface area contributed by atoms with Gasteiger partial charge >= 0.3 is 0 Å². The monoisotopic (exact) mass is 290 g/mol. The van der Waals surface area contributed by atoms with E-state index in [9.17, 15) is 4.79 Å². The maximum absolute atomic E-state index is 12.4. The smallest absolute Gasteiger partial charge is 0.202 e. The van der Waals surface area contributed by atoms with Gasteiger partial charge in [0.1, 0.15) is 0 Å². The third-order valence-electron chi connectivity index (χ3n) is 3.58. The first-order valence-corrected chi connectivity index (χ1v) is 7.85. The van der Waals surface area contributed by atoms with Crippen molar-refractivity contribution in [3.63, 3.8) is 0 Å². The first kappa shape index (κ1) is 12.9. The van der Waals surface area contributed by atoms with Gasteiger partial charge in [0.25, 0.3) is 0 Å². The van der Waals surface area contributed by atoms with Crippen molar-refractivity contribution in [3.05, 3.63) is 56.2 Å². The van der Waals surface area contributed by atoms with E-state index in [4.69, 9.17) is 11.6 Å². The molecule has 2 aromatic rings. The summed E-state index contributed by atoms with van der Waals surface area (Å²) in [5, 5.41) is 0.665. The molecule has 0 radical (unpaired) electrons. The second-order valence-corrected chi connectivity index (χ2v) is 6.53. The van der Waals surface area contributed by atoms with Crippen molar-refractivity contribution in [2.75, 3.05) is 0 Å². The molecule has 0 fully saturated rings. The van der Waals surface area contributed by atoms with Crippen LogP contribution in [0, 0.1) is 0 Å². The molecule has 19 heavy (non-hydrogen) atoms. The van der Waals surface area contributed by atoms with Gasteiger partial charge in [0.15, 0.2) is 0 Å². The zero-order chi connectivity index (χ0) is 13.2. The number of hydrogen-bond donors (Lipinski definition) is 0. The molecule has 1 heterocycles. The quantitative estimate of drug-likeness (QED) is 0.568. The summed E-state index contributed by atoms with van der Waals surface area (Å²) in [5.74, 6) is 0.120. The van der Waals surface area contributed by atoms with Gasteiger partial charge in [-0.05, 0) is 61.6 Å². The Morgan fingerprint density at radius 3 is 2.58 bits per heavy atom. The van der Waals surface area contributed by atoms with E-state index >= 15 is 0 Å². The number of halogens is 1. The van der Waals surface area contributed by atoms with Crippen molar-refractivity contribution in [2.45, 2.75) is 32.1 Å². The highest BCUT2D eigenvalue weighted by atomic mass is 35.5. The Bertz CT molecular complexity index is 574. The normalized spacial score (nSPS) is 14.8. The van der Waals surface area contributed by atoms with Crippen molar-refractivity contribution in [1.82, 2.24) is 0 Å². The summed E-state index contributed by atoms with van der Waals surface area (Å²) in [5.41, 5.74) is 2.11. The minimum Gasteiger partial charge on any atom is -0.288 e. The van der Waals surface area contributed by atoms with Gasteiger partial charge in [-0.15, -0.1) is 11.3 Å². The molecular formula is C16H15ClOS. The van der Waals surface area contributed by atoms with Crippen LogP contribution in [0.4, 0.5) is 0 Å². The minimum atomic E-state index is 0.120. The zero-order valence-corrected chi connectivity index (χ0v) is 12.2. The van der Waals surface area contributed by atoms with E-state index < -0.39 is 0 Å². The molecule has 98 valence electrons. The first-order valence-electron chi connectivity index (χ1n) is 6.66. The van der Waals surface area contributed by atoms with Crippen LogP contribution in [0.15, 0.2) is 30.3 Å². The molecule has 1 aliphatic rings. The number of fused-ring (bicyclic) bond motifs is 1. The molecule has 0 atom stereocenters. The van der Waals surface area contributed by atoms with Gasteiger partial charge in [-0.1, -0.05) is 18.0 Å². The second kappa shape index (κ2) is 5.48. The molecule has 1 aromatic carbocycles. The Hall–Kier alpha value is -1.12. The Labute approximate surface area is 122 Å². The number of carbonyl (C=O) groups is 1. The highest BCUT2D eigenvalue weighted by molar-refractivity contribution is 7.14. The number of carbonyl (C=O) groups excluding carboxylic acids is 1. The van der Waals surface area contributed by atoms with Crippen molar-refractivity contribution in [2.24, 2.45) is 0 Å². The summed E-state index contributed by atoms with van der Waals surface area (Å²) in [7, 11) is 0. The lowest BCUT2D eigenvalue weighted by Gasteiger charge is -1.98. The lowest BCUT2D eigenvalue weighted by molar-refractivity contribution is 0.104. The van der Waals surface area contributed by atoms with Crippen LogP contribution >= 0.6 is 22.9 Å². The van der Waals surface area contributed by atoms with Crippen LogP contribution in [0.1, 0.15) is 44.9 Å². The first-order chi connectivity index (χ1) is 9.24. The van der Waals surface area contributed by atoms with Crippen molar-refractivity contribution in [1.29, 1.82) is 0 Å². The average Bonchev–Trinajstić information content (AvgIpc) is 2.70. The number of rotatable bonds is 2. The molecule has 0 saturated carbocycles. The van der Waals surface area contributed by atoms with E-state index in [1.807, 2.05) is 0 Å². The van der Waals surface area contributed by atoms with E-state index in [1.54, 1.807) is 35.6 Å². The van der Waals surface area contributed by atoms with E-state index in [-0.39, 0.29) is 5.78 Å². The zero-order valence-electron chi connectivity index (χ0n) is 10.6. The SMILES string of the molecule is O=C(c1ccc(Cl)cc1)c1cc2c(s1)CCCCC2. The fourth-order valence-corrected chi connectivity index (χ4v) is 3.86. The second-order valence-electron chi connectivity index (χ2n) is 4.96. The summed E-state index contributed by atoms with van der Waals surface area (Å²) >= 11 is 7.53. The molecule has 0 bridgehead atoms. The molecule has 3 rings (SSSR count).